The first-order valence-corrected chi connectivity index (χ1v) is 7.58. The van der Waals surface area contributed by atoms with Gasteiger partial charge in [-0.1, -0.05) is 0 Å². The number of nitrogens with zero attached hydrogens (tertiary/aromatic N) is 1. The highest BCUT2D eigenvalue weighted by Crippen LogP contribution is 2.20. The Balaban J connectivity index is 1.96. The summed E-state index contributed by atoms with van der Waals surface area (Å²) in [5, 5.41) is 2.94. The summed E-state index contributed by atoms with van der Waals surface area (Å²) >= 11 is 0. The molecule has 0 bridgehead atoms. The molecule has 0 saturated heterocycles. The van der Waals surface area contributed by atoms with Crippen molar-refractivity contribution in [3.05, 3.63) is 18.2 Å². The van der Waals surface area contributed by atoms with Crippen LogP contribution >= 0.6 is 0 Å². The maximum Gasteiger partial charge on any atom is 0.295 e. The van der Waals surface area contributed by atoms with Crippen molar-refractivity contribution in [1.82, 2.24) is 4.98 Å². The van der Waals surface area contributed by atoms with Crippen LogP contribution < -0.4 is 11.1 Å². The van der Waals surface area contributed by atoms with E-state index in [1.807, 2.05) is 0 Å². The van der Waals surface area contributed by atoms with E-state index in [0.717, 1.165) is 5.52 Å². The van der Waals surface area contributed by atoms with E-state index in [1.54, 1.807) is 18.2 Å². The fourth-order valence-electron chi connectivity index (χ4n) is 1.55. The number of oxazole rings is 1. The summed E-state index contributed by atoms with van der Waals surface area (Å²) in [6, 6.07) is 5.60. The van der Waals surface area contributed by atoms with Crippen LogP contribution in [0.4, 0.5) is 11.7 Å². The Labute approximate surface area is 105 Å². The molecule has 0 aliphatic rings. The summed E-state index contributed by atoms with van der Waals surface area (Å²) in [6.45, 7) is 0.495. The van der Waals surface area contributed by atoms with Gasteiger partial charge in [-0.2, -0.15) is 4.98 Å². The number of hydrogen-bond donors (Lipinski definition) is 2. The molecule has 6 nitrogen and oxygen atoms in total. The van der Waals surface area contributed by atoms with Gasteiger partial charge in [-0.15, -0.1) is 0 Å². The summed E-state index contributed by atoms with van der Waals surface area (Å²) in [5.41, 5.74) is 7.57. The highest BCUT2D eigenvalue weighted by atomic mass is 32.2. The van der Waals surface area contributed by atoms with E-state index in [2.05, 4.69) is 10.3 Å². The van der Waals surface area contributed by atoms with Gasteiger partial charge in [-0.3, -0.25) is 0 Å². The molecule has 2 aromatic rings. The Morgan fingerprint density at radius 3 is 2.94 bits per heavy atom. The summed E-state index contributed by atoms with van der Waals surface area (Å²) in [4.78, 5) is 4.21. The number of aromatic nitrogens is 1. The van der Waals surface area contributed by atoms with Crippen molar-refractivity contribution in [2.45, 2.75) is 6.42 Å². The van der Waals surface area contributed by atoms with Gasteiger partial charge in [0, 0.05) is 24.6 Å². The van der Waals surface area contributed by atoms with Gasteiger partial charge in [0.05, 0.1) is 5.75 Å². The number of anilines is 2. The molecule has 1 aromatic carbocycles. The van der Waals surface area contributed by atoms with Crippen LogP contribution in [-0.2, 0) is 9.84 Å². The molecule has 0 radical (unpaired) electrons. The lowest BCUT2D eigenvalue weighted by molar-refractivity contribution is 0.597. The van der Waals surface area contributed by atoms with Gasteiger partial charge >= 0.3 is 0 Å². The molecule has 1 heterocycles. The Bertz CT molecular complexity index is 649. The second-order valence-electron chi connectivity index (χ2n) is 4.16. The molecule has 0 aliphatic carbocycles. The molecular weight excluding hydrogens is 254 g/mol. The quantitative estimate of drug-likeness (QED) is 0.626. The van der Waals surface area contributed by atoms with Crippen LogP contribution in [-0.4, -0.2) is 32.0 Å². The van der Waals surface area contributed by atoms with E-state index in [9.17, 15) is 8.42 Å². The molecule has 7 heteroatoms. The van der Waals surface area contributed by atoms with Gasteiger partial charge in [-0.25, -0.2) is 8.42 Å². The largest absolute Gasteiger partial charge is 0.423 e. The number of hydrogen-bond acceptors (Lipinski definition) is 6. The summed E-state index contributed by atoms with van der Waals surface area (Å²) in [6.07, 6.45) is 1.73. The predicted molar refractivity (Wildman–Crippen MR) is 71.2 cm³/mol. The molecular formula is C11H15N3O3S. The highest BCUT2D eigenvalue weighted by Gasteiger charge is 2.06. The predicted octanol–water partition coefficient (Wildman–Crippen LogP) is 1.26. The molecule has 0 fully saturated rings. The minimum absolute atomic E-state index is 0.146. The molecule has 3 N–H and O–H groups in total. The average Bonchev–Trinajstić information content (AvgIpc) is 2.65. The van der Waals surface area contributed by atoms with E-state index in [-0.39, 0.29) is 5.75 Å². The number of rotatable bonds is 5. The van der Waals surface area contributed by atoms with Gasteiger partial charge in [0.15, 0.2) is 5.58 Å². The van der Waals surface area contributed by atoms with E-state index in [1.165, 1.54) is 6.26 Å². The lowest BCUT2D eigenvalue weighted by atomic mass is 10.3. The zero-order chi connectivity index (χ0) is 13.2. The first kappa shape index (κ1) is 12.7. The molecule has 0 atom stereocenters. The van der Waals surface area contributed by atoms with E-state index < -0.39 is 9.84 Å². The number of nitrogens with two attached hydrogens (primary N) is 1. The minimum atomic E-state index is -2.92. The van der Waals surface area contributed by atoms with Crippen molar-refractivity contribution in [1.29, 1.82) is 0 Å². The van der Waals surface area contributed by atoms with Crippen molar-refractivity contribution in [2.75, 3.05) is 29.6 Å². The molecule has 2 rings (SSSR count). The highest BCUT2D eigenvalue weighted by molar-refractivity contribution is 7.90. The zero-order valence-corrected chi connectivity index (χ0v) is 10.8. The Morgan fingerprint density at radius 2 is 2.22 bits per heavy atom. The Morgan fingerprint density at radius 1 is 1.44 bits per heavy atom. The molecule has 0 saturated carbocycles. The first-order chi connectivity index (χ1) is 8.44. The van der Waals surface area contributed by atoms with Gasteiger partial charge in [0.25, 0.3) is 6.01 Å². The number of benzene rings is 1. The topological polar surface area (TPSA) is 98.2 Å². The van der Waals surface area contributed by atoms with Crippen LogP contribution in [0.25, 0.3) is 11.1 Å². The molecule has 0 spiro atoms. The van der Waals surface area contributed by atoms with Crippen molar-refractivity contribution in [2.24, 2.45) is 0 Å². The number of sulfone groups is 1. The summed E-state index contributed by atoms with van der Waals surface area (Å²) in [5.74, 6) is 0.146. The fourth-order valence-corrected chi connectivity index (χ4v) is 2.22. The maximum atomic E-state index is 10.9. The third-order valence-corrected chi connectivity index (χ3v) is 3.41. The van der Waals surface area contributed by atoms with E-state index in [0.29, 0.717) is 30.3 Å². The van der Waals surface area contributed by atoms with Gasteiger partial charge in [0.1, 0.15) is 15.4 Å². The number of nitrogen functional groups attached to an aromatic ring is 1. The monoisotopic (exact) mass is 269 g/mol. The van der Waals surface area contributed by atoms with E-state index >= 15 is 0 Å². The van der Waals surface area contributed by atoms with Gasteiger partial charge in [0.2, 0.25) is 0 Å². The lowest BCUT2D eigenvalue weighted by Gasteiger charge is -1.99. The van der Waals surface area contributed by atoms with Crippen molar-refractivity contribution in [3.8, 4) is 0 Å². The molecule has 0 unspecified atom stereocenters. The third kappa shape index (κ3) is 3.36. The minimum Gasteiger partial charge on any atom is -0.423 e. The Kier molecular flexibility index (Phi) is 3.42. The Hall–Kier alpha value is -1.76. The number of fused-ring (bicyclic) bond motifs is 1. The van der Waals surface area contributed by atoms with Crippen LogP contribution in [0, 0.1) is 0 Å². The normalized spacial score (nSPS) is 11.8. The second kappa shape index (κ2) is 4.85. The second-order valence-corrected chi connectivity index (χ2v) is 6.42. The van der Waals surface area contributed by atoms with Gasteiger partial charge < -0.3 is 15.5 Å². The fraction of sp³-hybridized carbons (Fsp3) is 0.364. The van der Waals surface area contributed by atoms with Crippen LogP contribution in [0.1, 0.15) is 6.42 Å². The first-order valence-electron chi connectivity index (χ1n) is 5.52. The smallest absolute Gasteiger partial charge is 0.295 e. The summed E-state index contributed by atoms with van der Waals surface area (Å²) in [7, 11) is -2.92. The molecule has 0 amide bonds. The average molecular weight is 269 g/mol. The molecule has 0 aliphatic heterocycles. The summed E-state index contributed by atoms with van der Waals surface area (Å²) < 4.78 is 27.3. The SMILES string of the molecule is CS(=O)(=O)CCCNc1nc2ccc(N)cc2o1. The lowest BCUT2D eigenvalue weighted by Crippen LogP contribution is -2.09. The standard InChI is InChI=1S/C11H15N3O3S/c1-18(15,16)6-2-5-13-11-14-9-4-3-8(12)7-10(9)17-11/h3-4,7H,2,5-6,12H2,1H3,(H,13,14). The molecule has 18 heavy (non-hydrogen) atoms. The van der Waals surface area contributed by atoms with Crippen LogP contribution in [0.3, 0.4) is 0 Å². The molecule has 1 aromatic heterocycles. The third-order valence-electron chi connectivity index (χ3n) is 2.38. The van der Waals surface area contributed by atoms with E-state index in [4.69, 9.17) is 10.2 Å². The molecule has 98 valence electrons. The van der Waals surface area contributed by atoms with Crippen LogP contribution in [0.5, 0.6) is 0 Å². The van der Waals surface area contributed by atoms with Crippen LogP contribution in [0.2, 0.25) is 0 Å². The zero-order valence-electron chi connectivity index (χ0n) is 10.0. The van der Waals surface area contributed by atoms with Crippen molar-refractivity contribution >= 4 is 32.6 Å². The van der Waals surface area contributed by atoms with Crippen molar-refractivity contribution < 1.29 is 12.8 Å². The maximum absolute atomic E-state index is 10.9. The van der Waals surface area contributed by atoms with Crippen molar-refractivity contribution in [3.63, 3.8) is 0 Å². The number of nitrogens with one attached hydrogen (secondary N) is 1. The van der Waals surface area contributed by atoms with Gasteiger partial charge in [-0.05, 0) is 18.6 Å². The van der Waals surface area contributed by atoms with Crippen LogP contribution in [0.15, 0.2) is 22.6 Å².